The van der Waals surface area contributed by atoms with E-state index in [1.54, 1.807) is 30.3 Å². The van der Waals surface area contributed by atoms with Crippen LogP contribution < -0.4 is 0 Å². The van der Waals surface area contributed by atoms with Gasteiger partial charge in [-0.2, -0.15) is 16.8 Å². The van der Waals surface area contributed by atoms with Crippen molar-refractivity contribution in [3.8, 4) is 0 Å². The van der Waals surface area contributed by atoms with Crippen LogP contribution in [0.25, 0.3) is 0 Å². The minimum atomic E-state index is -3.88. The van der Waals surface area contributed by atoms with Crippen molar-refractivity contribution in [2.45, 2.75) is 26.0 Å². The maximum Gasteiger partial charge on any atom is 0.269 e. The second-order valence-electron chi connectivity index (χ2n) is 3.15. The third kappa shape index (κ3) is 20.6. The molecule has 0 unspecified atom stereocenters. The highest BCUT2D eigenvalue weighted by atomic mass is 32.5. The highest BCUT2D eigenvalue weighted by molar-refractivity contribution is 7.98. The van der Waals surface area contributed by atoms with Crippen molar-refractivity contribution in [2.75, 3.05) is 0 Å². The summed E-state index contributed by atoms with van der Waals surface area (Å²) in [6.45, 7) is 4.25. The van der Waals surface area contributed by atoms with Gasteiger partial charge >= 0.3 is 0 Å². The fourth-order valence-electron chi connectivity index (χ4n) is 0.785. The molecular formula is C10H17O5PS2. The zero-order chi connectivity index (χ0) is 14.6. The normalized spacial score (nSPS) is 9.28. The van der Waals surface area contributed by atoms with Crippen LogP contribution in [-0.2, 0) is 25.8 Å². The predicted octanol–water partition coefficient (Wildman–Crippen LogP) is 2.41. The molecule has 0 aliphatic heterocycles. The summed E-state index contributed by atoms with van der Waals surface area (Å²) >= 11 is 0. The summed E-state index contributed by atoms with van der Waals surface area (Å²) in [5.74, 6) is -0.312. The third-order valence-electron chi connectivity index (χ3n) is 1.19. The molecule has 0 saturated carbocycles. The van der Waals surface area contributed by atoms with Crippen LogP contribution in [0.4, 0.5) is 0 Å². The zero-order valence-corrected chi connectivity index (χ0v) is 12.8. The van der Waals surface area contributed by atoms with Gasteiger partial charge in [0, 0.05) is 8.02 Å². The van der Waals surface area contributed by atoms with Crippen LogP contribution in [0.15, 0.2) is 30.3 Å². The monoisotopic (exact) mass is 312 g/mol. The number of hydrogen-bond donors (Lipinski definition) is 1. The van der Waals surface area contributed by atoms with Gasteiger partial charge in [0.05, 0.1) is 0 Å². The first-order valence-electron chi connectivity index (χ1n) is 5.02. The van der Waals surface area contributed by atoms with Crippen molar-refractivity contribution in [1.29, 1.82) is 0 Å². The maximum atomic E-state index is 10.4. The predicted molar refractivity (Wildman–Crippen MR) is 74.9 cm³/mol. The first kappa shape index (κ1) is 19.6. The highest BCUT2D eigenvalue weighted by Crippen LogP contribution is 2.02. The average Bonchev–Trinajstić information content (AvgIpc) is 2.16. The van der Waals surface area contributed by atoms with E-state index in [2.05, 4.69) is 21.9 Å². The molecule has 0 aliphatic rings. The van der Waals surface area contributed by atoms with Crippen molar-refractivity contribution >= 4 is 28.0 Å². The van der Waals surface area contributed by atoms with Crippen molar-refractivity contribution < 1.29 is 21.4 Å². The molecule has 0 amide bonds. The largest absolute Gasteiger partial charge is 0.285 e. The number of hydrogen-bond acceptors (Lipinski definition) is 4. The molecule has 8 heteroatoms. The van der Waals surface area contributed by atoms with Crippen molar-refractivity contribution in [1.82, 2.24) is 0 Å². The Hall–Kier alpha value is -0.750. The summed E-state index contributed by atoms with van der Waals surface area (Å²) in [6.07, 6.45) is 1.25. The van der Waals surface area contributed by atoms with Crippen LogP contribution in [0.1, 0.15) is 25.8 Å². The molecule has 0 spiro atoms. The van der Waals surface area contributed by atoms with Crippen molar-refractivity contribution in [3.05, 3.63) is 35.9 Å². The maximum absolute atomic E-state index is 10.4. The Balaban J connectivity index is 0. The standard InChI is InChI=1S/C7H8O3S.C3H8.HO2PS/c8-11(9,10)6-7-4-2-1-3-5-7;1-3-2;1-4(2)3/h1-5H,6H2,(H,8,9,10);3H2,1-2H3;3H. The first-order valence-corrected chi connectivity index (χ1v) is 8.93. The molecule has 0 atom stereocenters. The van der Waals surface area contributed by atoms with Gasteiger partial charge in [0.1, 0.15) is 5.75 Å². The van der Waals surface area contributed by atoms with Gasteiger partial charge in [0.2, 0.25) is 9.88 Å². The van der Waals surface area contributed by atoms with Gasteiger partial charge < -0.3 is 0 Å². The third-order valence-corrected chi connectivity index (χ3v) is 1.89. The molecule has 0 bridgehead atoms. The smallest absolute Gasteiger partial charge is 0.269 e. The van der Waals surface area contributed by atoms with Crippen LogP contribution in [0.5, 0.6) is 0 Å². The molecule has 1 rings (SSSR count). The summed E-state index contributed by atoms with van der Waals surface area (Å²) in [7, 11) is -3.70. The Kier molecular flexibility index (Phi) is 12.3. The summed E-state index contributed by atoms with van der Waals surface area (Å²) < 4.78 is 47.0. The number of benzene rings is 1. The van der Waals surface area contributed by atoms with Crippen molar-refractivity contribution in [3.63, 3.8) is 0 Å². The number of rotatable bonds is 2. The molecule has 0 saturated heterocycles. The second-order valence-corrected chi connectivity index (χ2v) is 6.08. The lowest BCUT2D eigenvalue weighted by atomic mass is 10.2. The summed E-state index contributed by atoms with van der Waals surface area (Å²) in [5, 5.41) is 0. The summed E-state index contributed by atoms with van der Waals surface area (Å²) in [6, 6.07) is 8.52. The van der Waals surface area contributed by atoms with Gasteiger partial charge in [-0.1, -0.05) is 50.6 Å². The SMILES string of the molecule is CCC.O=S(=O)(O)Cc1ccccc1.O=S(=O)=P. The van der Waals surface area contributed by atoms with E-state index in [1.165, 1.54) is 6.42 Å². The zero-order valence-electron chi connectivity index (χ0n) is 10.2. The lowest BCUT2D eigenvalue weighted by Gasteiger charge is -1.95. The molecule has 0 fully saturated rings. The average molecular weight is 312 g/mol. The van der Waals surface area contributed by atoms with Gasteiger partial charge in [0.25, 0.3) is 10.1 Å². The molecule has 5 nitrogen and oxygen atoms in total. The topological polar surface area (TPSA) is 88.5 Å². The van der Waals surface area contributed by atoms with E-state index < -0.39 is 20.0 Å². The minimum Gasteiger partial charge on any atom is -0.285 e. The van der Waals surface area contributed by atoms with Gasteiger partial charge in [-0.3, -0.25) is 4.55 Å². The Labute approximate surface area is 111 Å². The Bertz CT molecular complexity index is 501. The molecule has 104 valence electrons. The molecule has 18 heavy (non-hydrogen) atoms. The van der Waals surface area contributed by atoms with Crippen molar-refractivity contribution in [2.24, 2.45) is 0 Å². The molecule has 0 aromatic heterocycles. The molecule has 0 aliphatic carbocycles. The molecule has 0 radical (unpaired) electrons. The quantitative estimate of drug-likeness (QED) is 0.669. The van der Waals surface area contributed by atoms with E-state index in [0.29, 0.717) is 5.56 Å². The van der Waals surface area contributed by atoms with E-state index in [9.17, 15) is 8.42 Å². The summed E-state index contributed by atoms with van der Waals surface area (Å²) in [5.41, 5.74) is 0.593. The highest BCUT2D eigenvalue weighted by Gasteiger charge is 2.04. The molecule has 1 aromatic carbocycles. The Morgan fingerprint density at radius 3 is 1.78 bits per heavy atom. The van der Waals surface area contributed by atoms with E-state index >= 15 is 0 Å². The fraction of sp³-hybridized carbons (Fsp3) is 0.400. The van der Waals surface area contributed by atoms with Gasteiger partial charge in [0.15, 0.2) is 0 Å². The van der Waals surface area contributed by atoms with Gasteiger partial charge in [-0.05, 0) is 5.56 Å². The molecule has 0 heterocycles. The lowest BCUT2D eigenvalue weighted by molar-refractivity contribution is 0.482. The van der Waals surface area contributed by atoms with Crippen LogP contribution in [-0.4, -0.2) is 21.4 Å². The minimum absolute atomic E-state index is 0.312. The second kappa shape index (κ2) is 11.3. The van der Waals surface area contributed by atoms with E-state index in [4.69, 9.17) is 13.0 Å². The molecular weight excluding hydrogens is 295 g/mol. The van der Waals surface area contributed by atoms with E-state index in [0.717, 1.165) is 0 Å². The van der Waals surface area contributed by atoms with Crippen LogP contribution in [0.3, 0.4) is 0 Å². The van der Waals surface area contributed by atoms with E-state index in [-0.39, 0.29) is 5.75 Å². The summed E-state index contributed by atoms with van der Waals surface area (Å²) in [4.78, 5) is 0. The van der Waals surface area contributed by atoms with Gasteiger partial charge in [-0.15, -0.1) is 0 Å². The van der Waals surface area contributed by atoms with Gasteiger partial charge in [-0.25, -0.2) is 0 Å². The molecule has 1 N–H and O–H groups in total. The Morgan fingerprint density at radius 2 is 1.50 bits per heavy atom. The Morgan fingerprint density at radius 1 is 1.17 bits per heavy atom. The lowest BCUT2D eigenvalue weighted by Crippen LogP contribution is -2.00. The van der Waals surface area contributed by atoms with Crippen LogP contribution in [0.2, 0.25) is 0 Å². The fourth-order valence-corrected chi connectivity index (χ4v) is 1.40. The first-order chi connectivity index (χ1) is 8.22. The molecule has 1 aromatic rings. The van der Waals surface area contributed by atoms with E-state index in [1.807, 2.05) is 0 Å². The van der Waals surface area contributed by atoms with Crippen LogP contribution >= 0.6 is 8.02 Å². The van der Waals surface area contributed by atoms with Crippen LogP contribution in [0, 0.1) is 0 Å².